The molecule has 0 aliphatic rings. The zero-order valence-electron chi connectivity index (χ0n) is 10.1. The number of carbonyl (C=O) groups is 1. The Morgan fingerprint density at radius 1 is 1.05 bits per heavy atom. The molecule has 1 unspecified atom stereocenters. The van der Waals surface area contributed by atoms with E-state index in [-0.39, 0.29) is 12.0 Å². The van der Waals surface area contributed by atoms with Gasteiger partial charge in [0.05, 0.1) is 5.38 Å². The number of carboxylic acid groups (broad SMARTS) is 1. The van der Waals surface area contributed by atoms with E-state index in [9.17, 15) is 4.79 Å². The van der Waals surface area contributed by atoms with E-state index in [1.54, 1.807) is 12.1 Å². The van der Waals surface area contributed by atoms with Gasteiger partial charge >= 0.3 is 5.97 Å². The lowest BCUT2D eigenvalue weighted by Gasteiger charge is -2.11. The Morgan fingerprint density at radius 3 is 2.21 bits per heavy atom. The van der Waals surface area contributed by atoms with Gasteiger partial charge in [0.15, 0.2) is 6.61 Å². The Bertz CT molecular complexity index is 537. The summed E-state index contributed by atoms with van der Waals surface area (Å²) in [5, 5.41) is 8.29. The molecule has 1 N–H and O–H groups in total. The van der Waals surface area contributed by atoms with Crippen molar-refractivity contribution in [3.05, 3.63) is 65.7 Å². The van der Waals surface area contributed by atoms with E-state index in [0.29, 0.717) is 5.75 Å². The van der Waals surface area contributed by atoms with Gasteiger partial charge in [0.25, 0.3) is 0 Å². The molecule has 0 aliphatic carbocycles. The molecule has 2 aromatic carbocycles. The second-order valence-electron chi connectivity index (χ2n) is 4.02. The third-order valence-corrected chi connectivity index (χ3v) is 3.13. The van der Waals surface area contributed by atoms with Crippen LogP contribution in [0.4, 0.5) is 0 Å². The van der Waals surface area contributed by atoms with Crippen molar-refractivity contribution in [3.63, 3.8) is 0 Å². The van der Waals surface area contributed by atoms with Gasteiger partial charge in [-0.3, -0.25) is 0 Å². The Kier molecular flexibility index (Phi) is 4.42. The number of rotatable bonds is 5. The van der Waals surface area contributed by atoms with Crippen molar-refractivity contribution >= 4 is 17.6 Å². The summed E-state index contributed by atoms with van der Waals surface area (Å²) in [7, 11) is 0. The van der Waals surface area contributed by atoms with Gasteiger partial charge in [-0.1, -0.05) is 42.5 Å². The lowest BCUT2D eigenvalue weighted by Crippen LogP contribution is -2.09. The molecule has 0 aliphatic heterocycles. The van der Waals surface area contributed by atoms with E-state index in [4.69, 9.17) is 21.4 Å². The second-order valence-corrected chi connectivity index (χ2v) is 4.46. The van der Waals surface area contributed by atoms with Crippen molar-refractivity contribution in [2.24, 2.45) is 0 Å². The minimum Gasteiger partial charge on any atom is -0.482 e. The van der Waals surface area contributed by atoms with Crippen LogP contribution in [0.25, 0.3) is 0 Å². The summed E-state index contributed by atoms with van der Waals surface area (Å²) in [4.78, 5) is 10.4. The monoisotopic (exact) mass is 276 g/mol. The number of alkyl halides is 1. The molecule has 0 saturated heterocycles. The van der Waals surface area contributed by atoms with Crippen LogP contribution in [0, 0.1) is 0 Å². The quantitative estimate of drug-likeness (QED) is 0.851. The van der Waals surface area contributed by atoms with Gasteiger partial charge in [-0.2, -0.15) is 0 Å². The van der Waals surface area contributed by atoms with Crippen LogP contribution in [0.15, 0.2) is 54.6 Å². The van der Waals surface area contributed by atoms with Crippen LogP contribution in [0.1, 0.15) is 16.5 Å². The van der Waals surface area contributed by atoms with Crippen LogP contribution in [0.2, 0.25) is 0 Å². The molecule has 1 atom stereocenters. The zero-order chi connectivity index (χ0) is 13.7. The van der Waals surface area contributed by atoms with Crippen LogP contribution in [0.5, 0.6) is 5.75 Å². The first-order valence-corrected chi connectivity index (χ1v) is 6.24. The van der Waals surface area contributed by atoms with E-state index in [1.807, 2.05) is 42.5 Å². The maximum absolute atomic E-state index is 10.4. The summed E-state index contributed by atoms with van der Waals surface area (Å²) in [6, 6.07) is 16.9. The molecular weight excluding hydrogens is 264 g/mol. The Hall–Kier alpha value is -2.00. The molecule has 0 heterocycles. The summed E-state index contributed by atoms with van der Waals surface area (Å²) in [6.07, 6.45) is 0. The maximum atomic E-state index is 10.4. The van der Waals surface area contributed by atoms with Crippen molar-refractivity contribution in [3.8, 4) is 5.75 Å². The highest BCUT2D eigenvalue weighted by Gasteiger charge is 2.10. The van der Waals surface area contributed by atoms with Gasteiger partial charge in [0.1, 0.15) is 5.75 Å². The lowest BCUT2D eigenvalue weighted by molar-refractivity contribution is -0.139. The van der Waals surface area contributed by atoms with E-state index < -0.39 is 5.97 Å². The fourth-order valence-corrected chi connectivity index (χ4v) is 1.98. The number of benzene rings is 2. The van der Waals surface area contributed by atoms with E-state index in [1.165, 1.54) is 0 Å². The molecule has 98 valence electrons. The average molecular weight is 277 g/mol. The van der Waals surface area contributed by atoms with Crippen LogP contribution < -0.4 is 4.74 Å². The van der Waals surface area contributed by atoms with E-state index >= 15 is 0 Å². The van der Waals surface area contributed by atoms with Gasteiger partial charge in [-0.25, -0.2) is 4.79 Å². The molecule has 0 fully saturated rings. The summed E-state index contributed by atoms with van der Waals surface area (Å²) < 4.78 is 5.07. The molecule has 0 radical (unpaired) electrons. The van der Waals surface area contributed by atoms with Gasteiger partial charge in [0.2, 0.25) is 0 Å². The molecule has 3 nitrogen and oxygen atoms in total. The van der Waals surface area contributed by atoms with Crippen LogP contribution in [-0.4, -0.2) is 17.7 Å². The van der Waals surface area contributed by atoms with Crippen LogP contribution >= 0.6 is 11.6 Å². The molecule has 0 saturated carbocycles. The van der Waals surface area contributed by atoms with Gasteiger partial charge in [0, 0.05) is 0 Å². The zero-order valence-corrected chi connectivity index (χ0v) is 10.9. The topological polar surface area (TPSA) is 46.5 Å². The smallest absolute Gasteiger partial charge is 0.341 e. The first kappa shape index (κ1) is 13.4. The number of aliphatic carboxylic acids is 1. The summed E-state index contributed by atoms with van der Waals surface area (Å²) in [5.41, 5.74) is 1.96. The first-order valence-electron chi connectivity index (χ1n) is 5.80. The predicted molar refractivity (Wildman–Crippen MR) is 73.7 cm³/mol. The van der Waals surface area contributed by atoms with Crippen molar-refractivity contribution < 1.29 is 14.6 Å². The molecule has 0 aromatic heterocycles. The van der Waals surface area contributed by atoms with Crippen molar-refractivity contribution in [2.45, 2.75) is 5.38 Å². The van der Waals surface area contributed by atoms with E-state index in [0.717, 1.165) is 11.1 Å². The normalized spacial score (nSPS) is 11.8. The second kappa shape index (κ2) is 6.25. The number of halogens is 1. The molecule has 0 spiro atoms. The highest BCUT2D eigenvalue weighted by atomic mass is 35.5. The van der Waals surface area contributed by atoms with E-state index in [2.05, 4.69) is 0 Å². The molecular formula is C15H13ClO3. The number of hydrogen-bond donors (Lipinski definition) is 1. The molecule has 4 heteroatoms. The lowest BCUT2D eigenvalue weighted by atomic mass is 10.0. The fourth-order valence-electron chi connectivity index (χ4n) is 1.69. The third kappa shape index (κ3) is 3.73. The molecule has 0 amide bonds. The largest absolute Gasteiger partial charge is 0.482 e. The molecule has 19 heavy (non-hydrogen) atoms. The third-order valence-electron chi connectivity index (χ3n) is 2.63. The highest BCUT2D eigenvalue weighted by Crippen LogP contribution is 2.29. The highest BCUT2D eigenvalue weighted by molar-refractivity contribution is 6.22. The van der Waals surface area contributed by atoms with Crippen molar-refractivity contribution in [1.29, 1.82) is 0 Å². The summed E-state index contributed by atoms with van der Waals surface area (Å²) in [5.74, 6) is -0.480. The average Bonchev–Trinajstić information content (AvgIpc) is 2.46. The van der Waals surface area contributed by atoms with Crippen molar-refractivity contribution in [1.82, 2.24) is 0 Å². The standard InChI is InChI=1S/C15H13ClO3/c16-15(11-4-2-1-3-5-11)12-6-8-13(9-7-12)19-10-14(17)18/h1-9,15H,10H2,(H,17,18). The number of ether oxygens (including phenoxy) is 1. The Morgan fingerprint density at radius 2 is 1.63 bits per heavy atom. The van der Waals surface area contributed by atoms with Gasteiger partial charge in [-0.05, 0) is 23.3 Å². The summed E-state index contributed by atoms with van der Waals surface area (Å²) >= 11 is 6.38. The minimum absolute atomic E-state index is 0.227. The molecule has 0 bridgehead atoms. The van der Waals surface area contributed by atoms with Gasteiger partial charge < -0.3 is 9.84 Å². The van der Waals surface area contributed by atoms with Crippen LogP contribution in [-0.2, 0) is 4.79 Å². The maximum Gasteiger partial charge on any atom is 0.341 e. The molecule has 2 aromatic rings. The number of hydrogen-bond acceptors (Lipinski definition) is 2. The molecule has 2 rings (SSSR count). The van der Waals surface area contributed by atoms with Crippen molar-refractivity contribution in [2.75, 3.05) is 6.61 Å². The Balaban J connectivity index is 2.08. The number of carboxylic acids is 1. The Labute approximate surface area is 116 Å². The first-order chi connectivity index (χ1) is 9.16. The summed E-state index contributed by atoms with van der Waals surface area (Å²) in [6.45, 7) is -0.345. The van der Waals surface area contributed by atoms with Crippen LogP contribution in [0.3, 0.4) is 0 Å². The fraction of sp³-hybridized carbons (Fsp3) is 0.133. The SMILES string of the molecule is O=C(O)COc1ccc(C(Cl)c2ccccc2)cc1. The minimum atomic E-state index is -0.997. The predicted octanol–water partition coefficient (Wildman–Crippen LogP) is 3.48. The van der Waals surface area contributed by atoms with Gasteiger partial charge in [-0.15, -0.1) is 11.6 Å².